The van der Waals surface area contributed by atoms with Crippen molar-refractivity contribution < 1.29 is 14.4 Å². The van der Waals surface area contributed by atoms with E-state index in [2.05, 4.69) is 10.6 Å². The van der Waals surface area contributed by atoms with Gasteiger partial charge in [0.1, 0.15) is 12.1 Å². The highest BCUT2D eigenvalue weighted by molar-refractivity contribution is 6.35. The Labute approximate surface area is 166 Å². The molecule has 2 N–H and O–H groups in total. The molecule has 140 valence electrons. The van der Waals surface area contributed by atoms with Crippen molar-refractivity contribution >= 4 is 46.7 Å². The second-order valence-electron chi connectivity index (χ2n) is 6.43. The van der Waals surface area contributed by atoms with Crippen LogP contribution in [0.2, 0.25) is 10.0 Å². The molecule has 0 bridgehead atoms. The Balaban J connectivity index is 1.79. The summed E-state index contributed by atoms with van der Waals surface area (Å²) in [5.41, 5.74) is 0.633. The summed E-state index contributed by atoms with van der Waals surface area (Å²) in [6.07, 6.45) is 0. The monoisotopic (exact) mass is 405 g/mol. The van der Waals surface area contributed by atoms with E-state index in [9.17, 15) is 14.4 Å². The second kappa shape index (κ2) is 7.21. The van der Waals surface area contributed by atoms with E-state index in [0.29, 0.717) is 21.3 Å². The predicted octanol–water partition coefficient (Wildman–Crippen LogP) is 3.71. The number of rotatable bonds is 4. The lowest BCUT2D eigenvalue weighted by atomic mass is 9.88. The molecule has 1 aliphatic heterocycles. The third kappa shape index (κ3) is 3.63. The maximum absolute atomic E-state index is 12.9. The molecule has 1 unspecified atom stereocenters. The molecule has 2 aromatic rings. The Morgan fingerprint density at radius 2 is 1.89 bits per heavy atom. The van der Waals surface area contributed by atoms with Crippen LogP contribution < -0.4 is 10.6 Å². The van der Waals surface area contributed by atoms with Crippen molar-refractivity contribution in [2.24, 2.45) is 0 Å². The number of carbonyl (C=O) groups is 3. The molecule has 2 aromatic carbocycles. The predicted molar refractivity (Wildman–Crippen MR) is 104 cm³/mol. The van der Waals surface area contributed by atoms with Gasteiger partial charge in [-0.2, -0.15) is 0 Å². The van der Waals surface area contributed by atoms with Gasteiger partial charge in [0.15, 0.2) is 0 Å². The zero-order valence-corrected chi connectivity index (χ0v) is 16.2. The van der Waals surface area contributed by atoms with Gasteiger partial charge < -0.3 is 10.6 Å². The molecule has 0 saturated carbocycles. The van der Waals surface area contributed by atoms with E-state index in [1.54, 1.807) is 31.2 Å². The van der Waals surface area contributed by atoms with Crippen molar-refractivity contribution in [1.82, 2.24) is 10.2 Å². The van der Waals surface area contributed by atoms with E-state index >= 15 is 0 Å². The quantitative estimate of drug-likeness (QED) is 0.760. The van der Waals surface area contributed by atoms with E-state index in [1.807, 2.05) is 19.1 Å². The molecule has 0 aliphatic carbocycles. The van der Waals surface area contributed by atoms with E-state index in [4.69, 9.17) is 23.2 Å². The van der Waals surface area contributed by atoms with E-state index in [0.717, 1.165) is 10.5 Å². The van der Waals surface area contributed by atoms with Crippen molar-refractivity contribution in [2.75, 3.05) is 11.9 Å². The van der Waals surface area contributed by atoms with Crippen molar-refractivity contribution in [3.8, 4) is 0 Å². The van der Waals surface area contributed by atoms with Crippen LogP contribution in [-0.4, -0.2) is 29.3 Å². The Morgan fingerprint density at radius 3 is 2.59 bits per heavy atom. The minimum Gasteiger partial charge on any atom is -0.323 e. The minimum atomic E-state index is -1.23. The fourth-order valence-electron chi connectivity index (χ4n) is 3.08. The number of halogens is 2. The lowest BCUT2D eigenvalue weighted by molar-refractivity contribution is -0.133. The Morgan fingerprint density at radius 1 is 1.19 bits per heavy atom. The summed E-state index contributed by atoms with van der Waals surface area (Å²) >= 11 is 11.9. The van der Waals surface area contributed by atoms with Crippen LogP contribution in [0.3, 0.4) is 0 Å². The molecular weight excluding hydrogens is 389 g/mol. The zero-order valence-electron chi connectivity index (χ0n) is 14.7. The summed E-state index contributed by atoms with van der Waals surface area (Å²) in [7, 11) is 0. The lowest BCUT2D eigenvalue weighted by Gasteiger charge is -2.24. The van der Waals surface area contributed by atoms with Gasteiger partial charge in [-0.05, 0) is 43.2 Å². The first-order chi connectivity index (χ1) is 12.7. The van der Waals surface area contributed by atoms with Gasteiger partial charge in [0, 0.05) is 5.02 Å². The zero-order chi connectivity index (χ0) is 19.8. The molecule has 6 nitrogen and oxygen atoms in total. The normalized spacial score (nSPS) is 19.2. The molecule has 1 saturated heterocycles. The van der Waals surface area contributed by atoms with Crippen LogP contribution in [-0.2, 0) is 15.1 Å². The van der Waals surface area contributed by atoms with E-state index in [1.165, 1.54) is 6.07 Å². The SMILES string of the molecule is Cc1ccccc1C1(C)NC(=O)N(CC(=O)Nc2cc(Cl)ccc2Cl)C1=O. The summed E-state index contributed by atoms with van der Waals surface area (Å²) in [5.74, 6) is -1.05. The van der Waals surface area contributed by atoms with Crippen LogP contribution in [0.15, 0.2) is 42.5 Å². The number of urea groups is 1. The van der Waals surface area contributed by atoms with Gasteiger partial charge in [-0.15, -0.1) is 0 Å². The third-order valence-electron chi connectivity index (χ3n) is 4.46. The van der Waals surface area contributed by atoms with Gasteiger partial charge in [-0.3, -0.25) is 14.5 Å². The molecule has 4 amide bonds. The first kappa shape index (κ1) is 19.2. The molecule has 1 aliphatic rings. The maximum Gasteiger partial charge on any atom is 0.325 e. The molecule has 8 heteroatoms. The number of nitrogens with zero attached hydrogens (tertiary/aromatic N) is 1. The number of benzene rings is 2. The fourth-order valence-corrected chi connectivity index (χ4v) is 3.42. The van der Waals surface area contributed by atoms with Crippen molar-refractivity contribution in [2.45, 2.75) is 19.4 Å². The number of amides is 4. The summed E-state index contributed by atoms with van der Waals surface area (Å²) < 4.78 is 0. The number of aryl methyl sites for hydroxylation is 1. The molecular formula is C19H17Cl2N3O3. The van der Waals surface area contributed by atoms with Crippen LogP contribution in [0.5, 0.6) is 0 Å². The highest BCUT2D eigenvalue weighted by Crippen LogP contribution is 2.31. The number of hydrogen-bond donors (Lipinski definition) is 2. The van der Waals surface area contributed by atoms with Crippen molar-refractivity contribution in [3.05, 3.63) is 63.6 Å². The molecule has 1 fully saturated rings. The molecule has 3 rings (SSSR count). The van der Waals surface area contributed by atoms with Gasteiger partial charge in [0.05, 0.1) is 10.7 Å². The highest BCUT2D eigenvalue weighted by atomic mass is 35.5. The van der Waals surface area contributed by atoms with Gasteiger partial charge in [-0.1, -0.05) is 47.5 Å². The van der Waals surface area contributed by atoms with Crippen LogP contribution >= 0.6 is 23.2 Å². The number of imide groups is 1. The minimum absolute atomic E-state index is 0.301. The Bertz CT molecular complexity index is 948. The van der Waals surface area contributed by atoms with Crippen LogP contribution in [0.1, 0.15) is 18.1 Å². The number of carbonyl (C=O) groups excluding carboxylic acids is 3. The number of nitrogens with one attached hydrogen (secondary N) is 2. The summed E-state index contributed by atoms with van der Waals surface area (Å²) in [5, 5.41) is 5.96. The standard InChI is InChI=1S/C19H17Cl2N3O3/c1-11-5-3-4-6-13(11)19(2)17(26)24(18(27)23-19)10-16(25)22-15-9-12(20)7-8-14(15)21/h3-9H,10H2,1-2H3,(H,22,25)(H,23,27). The molecule has 0 aromatic heterocycles. The smallest absolute Gasteiger partial charge is 0.323 e. The van der Waals surface area contributed by atoms with Crippen LogP contribution in [0, 0.1) is 6.92 Å². The van der Waals surface area contributed by atoms with Crippen LogP contribution in [0.4, 0.5) is 10.5 Å². The third-order valence-corrected chi connectivity index (χ3v) is 5.03. The van der Waals surface area contributed by atoms with Crippen molar-refractivity contribution in [3.63, 3.8) is 0 Å². The van der Waals surface area contributed by atoms with Crippen LogP contribution in [0.25, 0.3) is 0 Å². The van der Waals surface area contributed by atoms with Gasteiger partial charge >= 0.3 is 6.03 Å². The van der Waals surface area contributed by atoms with E-state index < -0.39 is 29.9 Å². The number of anilines is 1. The van der Waals surface area contributed by atoms with Gasteiger partial charge in [0.2, 0.25) is 5.91 Å². The largest absolute Gasteiger partial charge is 0.325 e. The van der Waals surface area contributed by atoms with Gasteiger partial charge in [0.25, 0.3) is 5.91 Å². The molecule has 1 heterocycles. The summed E-state index contributed by atoms with van der Waals surface area (Å²) in [6, 6.07) is 11.3. The maximum atomic E-state index is 12.9. The van der Waals surface area contributed by atoms with Crippen molar-refractivity contribution in [1.29, 1.82) is 0 Å². The van der Waals surface area contributed by atoms with Gasteiger partial charge in [-0.25, -0.2) is 4.79 Å². The van der Waals surface area contributed by atoms with E-state index in [-0.39, 0.29) is 0 Å². The Kier molecular flexibility index (Phi) is 5.13. The average molecular weight is 406 g/mol. The molecule has 1 atom stereocenters. The average Bonchev–Trinajstić information content (AvgIpc) is 2.82. The first-order valence-corrected chi connectivity index (χ1v) is 8.93. The lowest BCUT2D eigenvalue weighted by Crippen LogP contribution is -2.42. The number of hydrogen-bond acceptors (Lipinski definition) is 3. The Hall–Kier alpha value is -2.57. The summed E-state index contributed by atoms with van der Waals surface area (Å²) in [4.78, 5) is 38.5. The molecule has 27 heavy (non-hydrogen) atoms. The fraction of sp³-hybridized carbons (Fsp3) is 0.211. The molecule has 0 spiro atoms. The summed E-state index contributed by atoms with van der Waals surface area (Å²) in [6.45, 7) is 3.05. The first-order valence-electron chi connectivity index (χ1n) is 8.17. The topological polar surface area (TPSA) is 78.5 Å². The second-order valence-corrected chi connectivity index (χ2v) is 7.28. The molecule has 0 radical (unpaired) electrons. The highest BCUT2D eigenvalue weighted by Gasteiger charge is 2.50.